The van der Waals surface area contributed by atoms with E-state index in [2.05, 4.69) is 21.4 Å². The molecule has 0 fully saturated rings. The summed E-state index contributed by atoms with van der Waals surface area (Å²) in [4.78, 5) is 11.8. The number of hydrogen-bond acceptors (Lipinski definition) is 5. The molecule has 1 aliphatic heterocycles. The monoisotopic (exact) mass is 399 g/mol. The van der Waals surface area contributed by atoms with Gasteiger partial charge in [-0.05, 0) is 52.8 Å². The third-order valence-electron chi connectivity index (χ3n) is 4.49. The normalized spacial score (nSPS) is 19.5. The highest BCUT2D eigenvalue weighted by molar-refractivity contribution is 5.86. The maximum Gasteiger partial charge on any atom is 0.427 e. The van der Waals surface area contributed by atoms with Gasteiger partial charge in [0.25, 0.3) is 0 Å². The number of fused-ring (bicyclic) bond motifs is 1. The summed E-state index contributed by atoms with van der Waals surface area (Å²) >= 11 is 0. The van der Waals surface area contributed by atoms with Crippen LogP contribution in [0, 0.1) is 16.7 Å². The number of nitrogens with one attached hydrogen (secondary N) is 2. The molecule has 1 aromatic rings. The van der Waals surface area contributed by atoms with Crippen molar-refractivity contribution in [2.75, 3.05) is 10.6 Å². The first-order valence-electron chi connectivity index (χ1n) is 8.79. The largest absolute Gasteiger partial charge is 0.486 e. The van der Waals surface area contributed by atoms with Gasteiger partial charge in [0.2, 0.25) is 5.60 Å². The Balaban J connectivity index is 2.08. The lowest BCUT2D eigenvalue weighted by Gasteiger charge is -2.35. The average Bonchev–Trinajstić information content (AvgIpc) is 2.54. The molecule has 6 nitrogen and oxygen atoms in total. The summed E-state index contributed by atoms with van der Waals surface area (Å²) in [5.74, 6) is 0.534. The number of ether oxygens (including phenoxy) is 2. The van der Waals surface area contributed by atoms with Gasteiger partial charge in [0.05, 0.1) is 23.2 Å². The van der Waals surface area contributed by atoms with Gasteiger partial charge in [0.15, 0.2) is 0 Å². The van der Waals surface area contributed by atoms with Gasteiger partial charge in [-0.3, -0.25) is 5.32 Å². The van der Waals surface area contributed by atoms with Crippen LogP contribution in [-0.4, -0.2) is 30.0 Å². The van der Waals surface area contributed by atoms with E-state index in [1.54, 1.807) is 12.1 Å². The zero-order valence-corrected chi connectivity index (χ0v) is 16.4. The van der Waals surface area contributed by atoms with Crippen LogP contribution in [0.1, 0.15) is 41.0 Å². The molecule has 2 N–H and O–H groups in total. The van der Waals surface area contributed by atoms with E-state index in [-0.39, 0.29) is 17.8 Å². The SMILES string of the molecule is C[C@H]1Nc2cc(NC(=O)OC(C)(C)C(F)(F)F)ccc2O[C@@H]1CC(C)(C)C#N. The number of halogens is 3. The molecule has 1 amide bonds. The molecule has 0 aromatic heterocycles. The molecule has 0 bridgehead atoms. The summed E-state index contributed by atoms with van der Waals surface area (Å²) in [7, 11) is 0. The fraction of sp³-hybridized carbons (Fsp3) is 0.579. The van der Waals surface area contributed by atoms with E-state index in [0.29, 0.717) is 17.9 Å². The Bertz CT molecular complexity index is 785. The number of rotatable bonds is 4. The van der Waals surface area contributed by atoms with Crippen molar-refractivity contribution < 1.29 is 27.4 Å². The molecule has 28 heavy (non-hydrogen) atoms. The lowest BCUT2D eigenvalue weighted by atomic mass is 9.86. The molecule has 0 saturated carbocycles. The van der Waals surface area contributed by atoms with Crippen molar-refractivity contribution in [3.8, 4) is 11.8 Å². The van der Waals surface area contributed by atoms with E-state index < -0.39 is 23.3 Å². The summed E-state index contributed by atoms with van der Waals surface area (Å²) in [6, 6.07) is 6.80. The van der Waals surface area contributed by atoms with Gasteiger partial charge in [0.1, 0.15) is 11.9 Å². The van der Waals surface area contributed by atoms with Crippen LogP contribution in [0.3, 0.4) is 0 Å². The summed E-state index contributed by atoms with van der Waals surface area (Å²) in [6.07, 6.45) is -5.59. The van der Waals surface area contributed by atoms with Crippen molar-refractivity contribution in [3.05, 3.63) is 18.2 Å². The fourth-order valence-electron chi connectivity index (χ4n) is 2.63. The Labute approximate surface area is 162 Å². The topological polar surface area (TPSA) is 83.4 Å². The lowest BCUT2D eigenvalue weighted by Crippen LogP contribution is -2.44. The van der Waals surface area contributed by atoms with E-state index in [4.69, 9.17) is 4.74 Å². The fourth-order valence-corrected chi connectivity index (χ4v) is 2.63. The first-order chi connectivity index (χ1) is 12.7. The van der Waals surface area contributed by atoms with Crippen LogP contribution in [-0.2, 0) is 4.74 Å². The maximum atomic E-state index is 12.8. The number of hydrogen-bond donors (Lipinski definition) is 2. The Kier molecular flexibility index (Phi) is 5.74. The van der Waals surface area contributed by atoms with Crippen molar-refractivity contribution in [1.82, 2.24) is 0 Å². The molecule has 154 valence electrons. The van der Waals surface area contributed by atoms with Gasteiger partial charge in [-0.2, -0.15) is 18.4 Å². The molecule has 0 saturated heterocycles. The molecular formula is C19H24F3N3O3. The van der Waals surface area contributed by atoms with Crippen LogP contribution in [0.5, 0.6) is 5.75 Å². The number of amides is 1. The Morgan fingerprint density at radius 3 is 2.54 bits per heavy atom. The second-order valence-corrected chi connectivity index (χ2v) is 8.02. The van der Waals surface area contributed by atoms with Gasteiger partial charge in [-0.15, -0.1) is 0 Å². The number of nitriles is 1. The number of carbonyl (C=O) groups is 1. The molecule has 0 aliphatic carbocycles. The molecule has 2 atom stereocenters. The average molecular weight is 399 g/mol. The van der Waals surface area contributed by atoms with E-state index in [0.717, 1.165) is 13.8 Å². The molecule has 1 heterocycles. The van der Waals surface area contributed by atoms with Crippen molar-refractivity contribution in [2.24, 2.45) is 5.41 Å². The number of nitrogens with zero attached hydrogens (tertiary/aromatic N) is 1. The van der Waals surface area contributed by atoms with Crippen molar-refractivity contribution in [3.63, 3.8) is 0 Å². The molecular weight excluding hydrogens is 375 g/mol. The number of alkyl halides is 3. The standard InChI is InChI=1S/C19H24F3N3O3/c1-11-15(9-17(2,3)10-23)27-14-7-6-12(8-13(14)24-11)25-16(26)28-18(4,5)19(20,21)22/h6-8,11,15,24H,9H2,1-5H3,(H,25,26)/t11-,15-/m1/s1. The minimum Gasteiger partial charge on any atom is -0.486 e. The Morgan fingerprint density at radius 2 is 1.96 bits per heavy atom. The quantitative estimate of drug-likeness (QED) is 0.738. The van der Waals surface area contributed by atoms with E-state index in [1.165, 1.54) is 6.07 Å². The number of benzene rings is 1. The summed E-state index contributed by atoms with van der Waals surface area (Å²) in [5.41, 5.74) is -2.30. The molecule has 0 spiro atoms. The summed E-state index contributed by atoms with van der Waals surface area (Å²) in [6.45, 7) is 7.12. The molecule has 2 rings (SSSR count). The molecule has 1 aliphatic rings. The van der Waals surface area contributed by atoms with Crippen LogP contribution >= 0.6 is 0 Å². The highest BCUT2D eigenvalue weighted by Crippen LogP contribution is 2.37. The number of anilines is 2. The highest BCUT2D eigenvalue weighted by Gasteiger charge is 2.51. The van der Waals surface area contributed by atoms with Crippen molar-refractivity contribution in [1.29, 1.82) is 5.26 Å². The maximum absolute atomic E-state index is 12.8. The first-order valence-corrected chi connectivity index (χ1v) is 8.79. The smallest absolute Gasteiger partial charge is 0.427 e. The Hall–Kier alpha value is -2.63. The van der Waals surface area contributed by atoms with Gasteiger partial charge >= 0.3 is 12.3 Å². The van der Waals surface area contributed by atoms with Crippen molar-refractivity contribution >= 4 is 17.5 Å². The zero-order chi connectivity index (χ0) is 21.3. The lowest BCUT2D eigenvalue weighted by molar-refractivity contribution is -0.242. The minimum absolute atomic E-state index is 0.105. The second-order valence-electron chi connectivity index (χ2n) is 8.02. The molecule has 9 heteroatoms. The molecule has 1 aromatic carbocycles. The van der Waals surface area contributed by atoms with Crippen LogP contribution in [0.25, 0.3) is 0 Å². The third kappa shape index (κ3) is 5.00. The Morgan fingerprint density at radius 1 is 1.32 bits per heavy atom. The predicted molar refractivity (Wildman–Crippen MR) is 98.2 cm³/mol. The summed E-state index contributed by atoms with van der Waals surface area (Å²) < 4.78 is 48.9. The number of carbonyl (C=O) groups excluding carboxylic acids is 1. The van der Waals surface area contributed by atoms with Crippen LogP contribution < -0.4 is 15.4 Å². The van der Waals surface area contributed by atoms with E-state index in [9.17, 15) is 23.2 Å². The minimum atomic E-state index is -4.68. The first kappa shape index (κ1) is 21.7. The van der Waals surface area contributed by atoms with E-state index >= 15 is 0 Å². The van der Waals surface area contributed by atoms with Crippen LogP contribution in [0.15, 0.2) is 18.2 Å². The predicted octanol–water partition coefficient (Wildman–Crippen LogP) is 5.08. The second kappa shape index (κ2) is 7.41. The van der Waals surface area contributed by atoms with Gasteiger partial charge in [-0.25, -0.2) is 4.79 Å². The van der Waals surface area contributed by atoms with E-state index in [1.807, 2.05) is 20.8 Å². The highest BCUT2D eigenvalue weighted by atomic mass is 19.4. The van der Waals surface area contributed by atoms with Crippen molar-refractivity contribution in [2.45, 2.75) is 65.0 Å². The van der Waals surface area contributed by atoms with Crippen LogP contribution in [0.2, 0.25) is 0 Å². The van der Waals surface area contributed by atoms with Crippen LogP contribution in [0.4, 0.5) is 29.3 Å². The van der Waals surface area contributed by atoms with Gasteiger partial charge in [0, 0.05) is 12.1 Å². The zero-order valence-electron chi connectivity index (χ0n) is 16.4. The van der Waals surface area contributed by atoms with Gasteiger partial charge in [-0.1, -0.05) is 0 Å². The van der Waals surface area contributed by atoms with Gasteiger partial charge < -0.3 is 14.8 Å². The molecule has 0 radical (unpaired) electrons. The molecule has 0 unspecified atom stereocenters. The third-order valence-corrected chi connectivity index (χ3v) is 4.49. The summed E-state index contributed by atoms with van der Waals surface area (Å²) in [5, 5.41) is 14.7.